The average Bonchev–Trinajstić information content (AvgIpc) is 3.19. The molecule has 2 fully saturated rings. The Morgan fingerprint density at radius 1 is 1.33 bits per heavy atom. The molecule has 1 aromatic heterocycles. The van der Waals surface area contributed by atoms with Gasteiger partial charge in [-0.15, -0.1) is 0 Å². The van der Waals surface area contributed by atoms with E-state index in [1.54, 1.807) is 18.0 Å². The number of methoxy groups -OCH3 is 1. The van der Waals surface area contributed by atoms with Crippen molar-refractivity contribution < 1.29 is 14.3 Å². The van der Waals surface area contributed by atoms with E-state index in [0.717, 1.165) is 55.4 Å². The van der Waals surface area contributed by atoms with Crippen molar-refractivity contribution in [2.24, 2.45) is 7.05 Å². The minimum atomic E-state index is -0.193. The molecule has 0 radical (unpaired) electrons. The highest BCUT2D eigenvalue weighted by Crippen LogP contribution is 2.27. The van der Waals surface area contributed by atoms with Crippen LogP contribution in [-0.2, 0) is 23.1 Å². The average molecular weight is 428 g/mol. The molecule has 158 valence electrons. The van der Waals surface area contributed by atoms with E-state index in [0.29, 0.717) is 16.5 Å². The van der Waals surface area contributed by atoms with Crippen LogP contribution in [0.3, 0.4) is 0 Å². The topological polar surface area (TPSA) is 71.9 Å². The molecule has 2 aliphatic rings. The number of aryl methyl sites for hydroxylation is 2. The van der Waals surface area contributed by atoms with Gasteiger partial charge in [0.15, 0.2) is 5.11 Å². The summed E-state index contributed by atoms with van der Waals surface area (Å²) in [5.74, 6) is 0.638. The summed E-state index contributed by atoms with van der Waals surface area (Å²) in [4.78, 5) is 16.9. The number of hydrogen-bond donors (Lipinski definition) is 1. The number of nitrogens with one attached hydrogen (secondary N) is 1. The smallest absolute Gasteiger partial charge is 0.281 e. The maximum Gasteiger partial charge on any atom is 0.281 e. The van der Waals surface area contributed by atoms with Gasteiger partial charge in [-0.25, -0.2) is 4.90 Å². The number of carbonyl (C=O) groups is 1. The van der Waals surface area contributed by atoms with Crippen LogP contribution < -0.4 is 15.0 Å². The van der Waals surface area contributed by atoms with Crippen LogP contribution in [0.1, 0.15) is 16.8 Å². The molecule has 0 bridgehead atoms. The summed E-state index contributed by atoms with van der Waals surface area (Å²) in [7, 11) is 3.49. The molecule has 0 atom stereocenters. The molecule has 30 heavy (non-hydrogen) atoms. The zero-order chi connectivity index (χ0) is 21.3. The van der Waals surface area contributed by atoms with Gasteiger partial charge in [0.2, 0.25) is 0 Å². The van der Waals surface area contributed by atoms with Crippen LogP contribution in [0.15, 0.2) is 30.1 Å². The predicted molar refractivity (Wildman–Crippen MR) is 118 cm³/mol. The fourth-order valence-corrected chi connectivity index (χ4v) is 4.03. The summed E-state index contributed by atoms with van der Waals surface area (Å²) in [6, 6.07) is 5.92. The normalized spacial score (nSPS) is 18.9. The number of ether oxygens (including phenoxy) is 2. The van der Waals surface area contributed by atoms with Crippen molar-refractivity contribution in [3.8, 4) is 5.75 Å². The number of aromatic nitrogens is 2. The summed E-state index contributed by atoms with van der Waals surface area (Å²) >= 11 is 5.41. The van der Waals surface area contributed by atoms with Crippen LogP contribution in [0.4, 0.5) is 5.69 Å². The first-order valence-electron chi connectivity index (χ1n) is 9.80. The van der Waals surface area contributed by atoms with Gasteiger partial charge in [0.25, 0.3) is 5.91 Å². The molecule has 1 aromatic carbocycles. The summed E-state index contributed by atoms with van der Waals surface area (Å²) < 4.78 is 12.6. The molecular weight excluding hydrogens is 402 g/mol. The highest BCUT2D eigenvalue weighted by atomic mass is 32.1. The van der Waals surface area contributed by atoms with E-state index in [1.165, 1.54) is 4.90 Å². The van der Waals surface area contributed by atoms with E-state index in [2.05, 4.69) is 21.4 Å². The standard InChI is InChI=1S/C21H25N5O3S/c1-14-18(13-24(2)23-14)26-20(27)17(22-21(26)30)11-15-4-5-19(28-3)16(10-15)12-25-6-8-29-9-7-25/h4-5,10-11,13H,6-9,12H2,1-3H3,(H,22,30)/b17-11+. The van der Waals surface area contributed by atoms with Crippen molar-refractivity contribution in [2.75, 3.05) is 38.3 Å². The Balaban J connectivity index is 1.59. The lowest BCUT2D eigenvalue weighted by Crippen LogP contribution is -2.35. The second kappa shape index (κ2) is 8.55. The molecule has 0 aliphatic carbocycles. The van der Waals surface area contributed by atoms with Gasteiger partial charge >= 0.3 is 0 Å². The zero-order valence-electron chi connectivity index (χ0n) is 17.3. The van der Waals surface area contributed by atoms with Crippen LogP contribution in [0.25, 0.3) is 6.08 Å². The molecule has 0 spiro atoms. The number of rotatable bonds is 5. The molecular formula is C21H25N5O3S. The zero-order valence-corrected chi connectivity index (χ0v) is 18.2. The van der Waals surface area contributed by atoms with Gasteiger partial charge in [0.05, 0.1) is 31.7 Å². The molecule has 9 heteroatoms. The maximum atomic E-state index is 13.0. The Kier molecular flexibility index (Phi) is 5.85. The Bertz CT molecular complexity index is 1010. The molecule has 3 heterocycles. The van der Waals surface area contributed by atoms with E-state index in [4.69, 9.17) is 21.7 Å². The highest BCUT2D eigenvalue weighted by molar-refractivity contribution is 7.80. The number of hydrogen-bond acceptors (Lipinski definition) is 6. The summed E-state index contributed by atoms with van der Waals surface area (Å²) in [5, 5.41) is 7.70. The van der Waals surface area contributed by atoms with Gasteiger partial charge in [-0.2, -0.15) is 5.10 Å². The SMILES string of the molecule is COc1ccc(/C=C2/NC(=S)N(c3cn(C)nc3C)C2=O)cc1CN1CCOCC1. The number of anilines is 1. The first-order valence-corrected chi connectivity index (χ1v) is 10.2. The Labute approximate surface area is 181 Å². The highest BCUT2D eigenvalue weighted by Gasteiger charge is 2.34. The first kappa shape index (κ1) is 20.5. The molecule has 0 saturated carbocycles. The Hall–Kier alpha value is -2.75. The van der Waals surface area contributed by atoms with Gasteiger partial charge < -0.3 is 14.8 Å². The van der Waals surface area contributed by atoms with Crippen molar-refractivity contribution in [1.82, 2.24) is 20.0 Å². The predicted octanol–water partition coefficient (Wildman–Crippen LogP) is 1.83. The van der Waals surface area contributed by atoms with E-state index in [9.17, 15) is 4.79 Å². The number of nitrogens with zero attached hydrogens (tertiary/aromatic N) is 4. The minimum absolute atomic E-state index is 0.193. The van der Waals surface area contributed by atoms with Crippen LogP contribution in [0, 0.1) is 6.92 Å². The molecule has 1 N–H and O–H groups in total. The number of amides is 1. The lowest BCUT2D eigenvalue weighted by atomic mass is 10.1. The Morgan fingerprint density at radius 3 is 2.77 bits per heavy atom. The van der Waals surface area contributed by atoms with E-state index >= 15 is 0 Å². The van der Waals surface area contributed by atoms with Crippen molar-refractivity contribution in [3.63, 3.8) is 0 Å². The number of carbonyl (C=O) groups excluding carboxylic acids is 1. The van der Waals surface area contributed by atoms with Gasteiger partial charge in [-0.3, -0.25) is 14.4 Å². The van der Waals surface area contributed by atoms with Gasteiger partial charge in [0.1, 0.15) is 11.4 Å². The Morgan fingerprint density at radius 2 is 2.10 bits per heavy atom. The van der Waals surface area contributed by atoms with Crippen LogP contribution in [0.5, 0.6) is 5.75 Å². The number of benzene rings is 1. The monoisotopic (exact) mass is 427 g/mol. The third kappa shape index (κ3) is 4.09. The fraction of sp³-hybridized carbons (Fsp3) is 0.381. The first-order chi connectivity index (χ1) is 14.5. The fourth-order valence-electron chi connectivity index (χ4n) is 3.74. The quantitative estimate of drug-likeness (QED) is 0.577. The molecule has 1 amide bonds. The number of thiocarbonyl (C=S) groups is 1. The second-order valence-corrected chi connectivity index (χ2v) is 7.75. The van der Waals surface area contributed by atoms with Gasteiger partial charge in [-0.1, -0.05) is 6.07 Å². The molecule has 0 unspecified atom stereocenters. The van der Waals surface area contributed by atoms with Gasteiger partial charge in [-0.05, 0) is 42.9 Å². The summed E-state index contributed by atoms with van der Waals surface area (Å²) in [6.07, 6.45) is 3.61. The van der Waals surface area contributed by atoms with Crippen molar-refractivity contribution in [3.05, 3.63) is 46.9 Å². The third-order valence-corrected chi connectivity index (χ3v) is 5.50. The molecule has 2 aliphatic heterocycles. The minimum Gasteiger partial charge on any atom is -0.496 e. The maximum absolute atomic E-state index is 13.0. The largest absolute Gasteiger partial charge is 0.496 e. The van der Waals surface area contributed by atoms with Crippen LogP contribution in [-0.4, -0.2) is 59.1 Å². The molecule has 4 rings (SSSR count). The van der Waals surface area contributed by atoms with Crippen LogP contribution in [0.2, 0.25) is 0 Å². The van der Waals surface area contributed by atoms with E-state index in [-0.39, 0.29) is 5.91 Å². The van der Waals surface area contributed by atoms with Crippen LogP contribution >= 0.6 is 12.2 Å². The second-order valence-electron chi connectivity index (χ2n) is 7.36. The van der Waals surface area contributed by atoms with E-state index < -0.39 is 0 Å². The molecule has 2 saturated heterocycles. The van der Waals surface area contributed by atoms with Crippen molar-refractivity contribution in [2.45, 2.75) is 13.5 Å². The van der Waals surface area contributed by atoms with Gasteiger partial charge in [0, 0.05) is 38.4 Å². The van der Waals surface area contributed by atoms with Crippen molar-refractivity contribution >= 4 is 35.0 Å². The summed E-state index contributed by atoms with van der Waals surface area (Å²) in [5.41, 5.74) is 3.84. The summed E-state index contributed by atoms with van der Waals surface area (Å²) in [6.45, 7) is 5.89. The number of morpholine rings is 1. The van der Waals surface area contributed by atoms with E-state index in [1.807, 2.05) is 32.2 Å². The molecule has 8 nitrogen and oxygen atoms in total. The molecule has 2 aromatic rings. The lowest BCUT2D eigenvalue weighted by Gasteiger charge is -2.27. The third-order valence-electron chi connectivity index (χ3n) is 5.22. The lowest BCUT2D eigenvalue weighted by molar-refractivity contribution is -0.113. The van der Waals surface area contributed by atoms with Crippen molar-refractivity contribution in [1.29, 1.82) is 0 Å².